The number of hydrogen-bond donors (Lipinski definition) is 0. The van der Waals surface area contributed by atoms with E-state index in [0.29, 0.717) is 17.4 Å². The molecule has 0 aliphatic carbocycles. The third-order valence-corrected chi connectivity index (χ3v) is 6.09. The molecule has 2 atom stereocenters. The molecular weight excluding hydrogens is 338 g/mol. The van der Waals surface area contributed by atoms with Crippen molar-refractivity contribution in [2.75, 3.05) is 4.90 Å². The first-order chi connectivity index (χ1) is 11.6. The fourth-order valence-corrected chi connectivity index (χ4v) is 4.91. The first-order valence-corrected chi connectivity index (χ1v) is 9.64. The molecule has 1 fully saturated rings. The van der Waals surface area contributed by atoms with E-state index in [1.807, 2.05) is 6.07 Å². The first-order valence-electron chi connectivity index (χ1n) is 8.44. The van der Waals surface area contributed by atoms with Gasteiger partial charge in [-0.2, -0.15) is 4.98 Å². The lowest BCUT2D eigenvalue weighted by Crippen LogP contribution is -2.44. The van der Waals surface area contributed by atoms with Gasteiger partial charge in [-0.3, -0.25) is 0 Å². The van der Waals surface area contributed by atoms with Crippen LogP contribution in [0.1, 0.15) is 33.1 Å². The van der Waals surface area contributed by atoms with Crippen molar-refractivity contribution in [1.82, 2.24) is 9.97 Å². The number of thiophene rings is 1. The molecule has 3 heterocycles. The van der Waals surface area contributed by atoms with Crippen molar-refractivity contribution < 1.29 is 0 Å². The van der Waals surface area contributed by atoms with Crippen molar-refractivity contribution in [3.63, 3.8) is 0 Å². The van der Waals surface area contributed by atoms with Crippen LogP contribution >= 0.6 is 22.9 Å². The third-order valence-electron chi connectivity index (χ3n) is 4.84. The minimum Gasteiger partial charge on any atom is -0.351 e. The van der Waals surface area contributed by atoms with Crippen molar-refractivity contribution >= 4 is 39.0 Å². The van der Waals surface area contributed by atoms with Gasteiger partial charge in [0, 0.05) is 17.0 Å². The van der Waals surface area contributed by atoms with E-state index >= 15 is 0 Å². The topological polar surface area (TPSA) is 29.0 Å². The smallest absolute Gasteiger partial charge is 0.225 e. The van der Waals surface area contributed by atoms with E-state index in [2.05, 4.69) is 59.0 Å². The number of hydrogen-bond acceptors (Lipinski definition) is 4. The highest BCUT2D eigenvalue weighted by molar-refractivity contribution is 7.22. The van der Waals surface area contributed by atoms with Gasteiger partial charge < -0.3 is 4.90 Å². The van der Waals surface area contributed by atoms with Gasteiger partial charge in [0.15, 0.2) is 0 Å². The lowest BCUT2D eigenvalue weighted by Gasteiger charge is -2.40. The summed E-state index contributed by atoms with van der Waals surface area (Å²) in [5.74, 6) is 0.989. The Morgan fingerprint density at radius 1 is 1.08 bits per heavy atom. The van der Waals surface area contributed by atoms with E-state index in [9.17, 15) is 0 Å². The van der Waals surface area contributed by atoms with Crippen molar-refractivity contribution in [2.24, 2.45) is 0 Å². The maximum absolute atomic E-state index is 6.25. The molecule has 0 bridgehead atoms. The van der Waals surface area contributed by atoms with Gasteiger partial charge in [-0.1, -0.05) is 30.3 Å². The summed E-state index contributed by atoms with van der Waals surface area (Å²) in [7, 11) is 0. The summed E-state index contributed by atoms with van der Waals surface area (Å²) in [6.45, 7) is 4.56. The maximum Gasteiger partial charge on any atom is 0.225 e. The summed E-state index contributed by atoms with van der Waals surface area (Å²) in [4.78, 5) is 13.7. The van der Waals surface area contributed by atoms with E-state index in [0.717, 1.165) is 16.0 Å². The molecule has 2 unspecified atom stereocenters. The van der Waals surface area contributed by atoms with E-state index in [1.165, 1.54) is 29.7 Å². The Morgan fingerprint density at radius 2 is 1.79 bits per heavy atom. The summed E-state index contributed by atoms with van der Waals surface area (Å²) in [5, 5.41) is 1.45. The van der Waals surface area contributed by atoms with E-state index in [-0.39, 0.29) is 0 Å². The molecule has 5 heteroatoms. The summed E-state index contributed by atoms with van der Waals surface area (Å²) >= 11 is 7.93. The van der Waals surface area contributed by atoms with Gasteiger partial charge in [0.2, 0.25) is 5.28 Å². The van der Waals surface area contributed by atoms with Gasteiger partial charge in [-0.05, 0) is 56.3 Å². The Labute approximate surface area is 151 Å². The summed E-state index contributed by atoms with van der Waals surface area (Å²) < 4.78 is 0. The van der Waals surface area contributed by atoms with Crippen molar-refractivity contribution in [3.05, 3.63) is 41.7 Å². The molecular formula is C19H20ClN3S. The predicted molar refractivity (Wildman–Crippen MR) is 103 cm³/mol. The van der Waals surface area contributed by atoms with Crippen molar-refractivity contribution in [3.8, 4) is 10.4 Å². The van der Waals surface area contributed by atoms with Crippen LogP contribution < -0.4 is 4.90 Å². The normalized spacial score (nSPS) is 21.4. The van der Waals surface area contributed by atoms with Crippen LogP contribution in [0.5, 0.6) is 0 Å². The molecule has 0 saturated carbocycles. The van der Waals surface area contributed by atoms with Crippen LogP contribution in [0, 0.1) is 0 Å². The van der Waals surface area contributed by atoms with Gasteiger partial charge in [0.25, 0.3) is 0 Å². The number of benzene rings is 1. The van der Waals surface area contributed by atoms with Gasteiger partial charge in [0.1, 0.15) is 10.6 Å². The number of nitrogens with zero attached hydrogens (tertiary/aromatic N) is 3. The number of piperidine rings is 1. The molecule has 0 radical (unpaired) electrons. The zero-order chi connectivity index (χ0) is 16.7. The zero-order valence-electron chi connectivity index (χ0n) is 13.9. The van der Waals surface area contributed by atoms with Crippen LogP contribution in [-0.2, 0) is 0 Å². The quantitative estimate of drug-likeness (QED) is 0.544. The monoisotopic (exact) mass is 357 g/mol. The molecule has 1 aromatic carbocycles. The molecule has 3 aromatic rings. The van der Waals surface area contributed by atoms with Crippen LogP contribution in [0.3, 0.4) is 0 Å². The molecule has 24 heavy (non-hydrogen) atoms. The van der Waals surface area contributed by atoms with Gasteiger partial charge in [0.05, 0.1) is 5.39 Å². The summed E-state index contributed by atoms with van der Waals surface area (Å²) in [6, 6.07) is 13.6. The minimum atomic E-state index is 0.337. The standard InChI is InChI=1S/C19H20ClN3S/c1-12-7-6-8-13(2)23(12)17-15-11-16(14-9-4-3-5-10-14)24-18(15)22-19(20)21-17/h3-5,9-13H,6-8H2,1-2H3. The van der Waals surface area contributed by atoms with E-state index in [4.69, 9.17) is 11.6 Å². The predicted octanol–water partition coefficient (Wildman–Crippen LogP) is 5.78. The second-order valence-corrected chi connectivity index (χ2v) is 7.92. The molecule has 1 saturated heterocycles. The Bertz CT molecular complexity index is 852. The van der Waals surface area contributed by atoms with Gasteiger partial charge >= 0.3 is 0 Å². The number of anilines is 1. The summed E-state index contributed by atoms with van der Waals surface area (Å²) in [5.41, 5.74) is 1.21. The number of aromatic nitrogens is 2. The van der Waals surface area contributed by atoms with Gasteiger partial charge in [-0.25, -0.2) is 4.98 Å². The van der Waals surface area contributed by atoms with E-state index < -0.39 is 0 Å². The lowest BCUT2D eigenvalue weighted by atomic mass is 9.97. The average Bonchev–Trinajstić information content (AvgIpc) is 2.99. The Hall–Kier alpha value is -1.65. The highest BCUT2D eigenvalue weighted by Crippen LogP contribution is 2.39. The molecule has 0 spiro atoms. The molecule has 3 nitrogen and oxygen atoms in total. The number of rotatable bonds is 2. The zero-order valence-corrected chi connectivity index (χ0v) is 15.4. The molecule has 4 rings (SSSR count). The first kappa shape index (κ1) is 15.9. The van der Waals surface area contributed by atoms with Crippen LogP contribution in [-0.4, -0.2) is 22.1 Å². The Kier molecular flexibility index (Phi) is 4.19. The highest BCUT2D eigenvalue weighted by atomic mass is 35.5. The third kappa shape index (κ3) is 2.78. The number of halogens is 1. The highest BCUT2D eigenvalue weighted by Gasteiger charge is 2.28. The fraction of sp³-hybridized carbons (Fsp3) is 0.368. The molecule has 2 aromatic heterocycles. The molecule has 124 valence electrons. The second kappa shape index (κ2) is 6.34. The van der Waals surface area contributed by atoms with Crippen molar-refractivity contribution in [2.45, 2.75) is 45.2 Å². The Morgan fingerprint density at radius 3 is 2.50 bits per heavy atom. The largest absolute Gasteiger partial charge is 0.351 e. The molecule has 0 N–H and O–H groups in total. The maximum atomic E-state index is 6.25. The Balaban J connectivity index is 1.87. The molecule has 1 aliphatic heterocycles. The second-order valence-electron chi connectivity index (χ2n) is 6.55. The van der Waals surface area contributed by atoms with Crippen LogP contribution in [0.2, 0.25) is 5.28 Å². The van der Waals surface area contributed by atoms with Crippen molar-refractivity contribution in [1.29, 1.82) is 0 Å². The van der Waals surface area contributed by atoms with Gasteiger partial charge in [-0.15, -0.1) is 11.3 Å². The van der Waals surface area contributed by atoms with Crippen LogP contribution in [0.4, 0.5) is 5.82 Å². The number of fused-ring (bicyclic) bond motifs is 1. The SMILES string of the molecule is CC1CCCC(C)N1c1nc(Cl)nc2sc(-c3ccccc3)cc12. The molecule has 1 aliphatic rings. The average molecular weight is 358 g/mol. The lowest BCUT2D eigenvalue weighted by molar-refractivity contribution is 0.412. The minimum absolute atomic E-state index is 0.337. The van der Waals surface area contributed by atoms with Crippen LogP contribution in [0.25, 0.3) is 20.7 Å². The van der Waals surface area contributed by atoms with E-state index in [1.54, 1.807) is 11.3 Å². The molecule has 0 amide bonds. The summed E-state index contributed by atoms with van der Waals surface area (Å²) in [6.07, 6.45) is 3.67. The fourth-order valence-electron chi connectivity index (χ4n) is 3.66. The van der Waals surface area contributed by atoms with Crippen LogP contribution in [0.15, 0.2) is 36.4 Å².